The third-order valence-electron chi connectivity index (χ3n) is 5.80. The monoisotopic (exact) mass is 554 g/mol. The average molecular weight is 554 g/mol. The molecule has 0 bridgehead atoms. The quantitative estimate of drug-likeness (QED) is 0.307. The second kappa shape index (κ2) is 13.7. The van der Waals surface area contributed by atoms with E-state index in [9.17, 15) is 0 Å². The number of halogens is 1. The first-order chi connectivity index (χ1) is 15.4. The number of hydrogen-bond donors (Lipinski definition) is 1. The van der Waals surface area contributed by atoms with Crippen molar-refractivity contribution >= 4 is 29.9 Å². The zero-order valence-corrected chi connectivity index (χ0v) is 21.0. The average Bonchev–Trinajstić information content (AvgIpc) is 3.34. The fourth-order valence-electron chi connectivity index (χ4n) is 4.02. The standard InChI is InChI=1S/C24H34N4O3.HI/c1-2-5-22(6-3-1)31-23-9-13-28(14-10-23)24(25-11-8-21-7-4-18-30-21)26-12-15-27-16-19-29-20-17-27;/h1-7,18,23H,8-17,19-20H2,(H,25,26);1H. The molecule has 2 fully saturated rings. The molecule has 0 aliphatic carbocycles. The summed E-state index contributed by atoms with van der Waals surface area (Å²) in [7, 11) is 0. The Labute approximate surface area is 208 Å². The predicted molar refractivity (Wildman–Crippen MR) is 137 cm³/mol. The van der Waals surface area contributed by atoms with Gasteiger partial charge in [-0.15, -0.1) is 24.0 Å². The van der Waals surface area contributed by atoms with Crippen LogP contribution in [-0.2, 0) is 11.2 Å². The molecule has 0 radical (unpaired) electrons. The third-order valence-corrected chi connectivity index (χ3v) is 5.80. The van der Waals surface area contributed by atoms with Crippen molar-refractivity contribution < 1.29 is 13.9 Å². The lowest BCUT2D eigenvalue weighted by atomic mass is 10.1. The van der Waals surface area contributed by atoms with E-state index in [4.69, 9.17) is 18.9 Å². The summed E-state index contributed by atoms with van der Waals surface area (Å²) in [6, 6.07) is 14.1. The van der Waals surface area contributed by atoms with Crippen molar-refractivity contribution in [2.45, 2.75) is 25.4 Å². The van der Waals surface area contributed by atoms with E-state index in [1.807, 2.05) is 42.5 Å². The molecule has 7 nitrogen and oxygen atoms in total. The first-order valence-corrected chi connectivity index (χ1v) is 11.4. The van der Waals surface area contributed by atoms with Gasteiger partial charge in [-0.05, 0) is 24.3 Å². The number of hydrogen-bond acceptors (Lipinski definition) is 5. The van der Waals surface area contributed by atoms with Crippen LogP contribution in [0, 0.1) is 0 Å². The molecular formula is C24H35IN4O3. The Kier molecular flexibility index (Phi) is 10.6. The van der Waals surface area contributed by atoms with Gasteiger partial charge in [-0.1, -0.05) is 18.2 Å². The van der Waals surface area contributed by atoms with Crippen LogP contribution in [0.25, 0.3) is 0 Å². The fraction of sp³-hybridized carbons (Fsp3) is 0.542. The number of likely N-dealkylation sites (tertiary alicyclic amines) is 1. The smallest absolute Gasteiger partial charge is 0.193 e. The highest BCUT2D eigenvalue weighted by atomic mass is 127. The van der Waals surface area contributed by atoms with E-state index in [0.29, 0.717) is 0 Å². The number of ether oxygens (including phenoxy) is 2. The third kappa shape index (κ3) is 7.97. The van der Waals surface area contributed by atoms with Gasteiger partial charge in [-0.25, -0.2) is 0 Å². The lowest BCUT2D eigenvalue weighted by molar-refractivity contribution is 0.0394. The Morgan fingerprint density at radius 1 is 1.03 bits per heavy atom. The number of furan rings is 1. The van der Waals surface area contributed by atoms with Crippen LogP contribution in [0.2, 0.25) is 0 Å². The summed E-state index contributed by atoms with van der Waals surface area (Å²) in [5, 5.41) is 3.56. The maximum Gasteiger partial charge on any atom is 0.193 e. The van der Waals surface area contributed by atoms with Gasteiger partial charge in [0.05, 0.1) is 26.0 Å². The molecule has 2 aliphatic heterocycles. The zero-order valence-electron chi connectivity index (χ0n) is 18.7. The summed E-state index contributed by atoms with van der Waals surface area (Å²) in [4.78, 5) is 9.74. The first-order valence-electron chi connectivity index (χ1n) is 11.4. The van der Waals surface area contributed by atoms with Crippen LogP contribution >= 0.6 is 24.0 Å². The van der Waals surface area contributed by atoms with Crippen molar-refractivity contribution in [3.8, 4) is 5.75 Å². The molecule has 2 saturated heterocycles. The SMILES string of the molecule is I.c1ccc(OC2CCN(C(=NCCN3CCOCC3)NCCc3ccco3)CC2)cc1. The Bertz CT molecular complexity index is 774. The summed E-state index contributed by atoms with van der Waals surface area (Å²) in [6.45, 7) is 8.12. The van der Waals surface area contributed by atoms with Gasteiger partial charge in [0.2, 0.25) is 0 Å². The minimum absolute atomic E-state index is 0. The fourth-order valence-corrected chi connectivity index (χ4v) is 4.02. The van der Waals surface area contributed by atoms with Crippen LogP contribution in [0.4, 0.5) is 0 Å². The van der Waals surface area contributed by atoms with Crippen molar-refractivity contribution in [1.29, 1.82) is 0 Å². The summed E-state index contributed by atoms with van der Waals surface area (Å²) in [5.74, 6) is 2.95. The molecule has 32 heavy (non-hydrogen) atoms. The highest BCUT2D eigenvalue weighted by molar-refractivity contribution is 14.0. The molecule has 8 heteroatoms. The van der Waals surface area contributed by atoms with Gasteiger partial charge in [0.15, 0.2) is 5.96 Å². The van der Waals surface area contributed by atoms with E-state index >= 15 is 0 Å². The number of rotatable bonds is 8. The van der Waals surface area contributed by atoms with Gasteiger partial charge in [-0.3, -0.25) is 9.89 Å². The lowest BCUT2D eigenvalue weighted by Crippen LogP contribution is -2.48. The highest BCUT2D eigenvalue weighted by Crippen LogP contribution is 2.18. The number of para-hydroxylation sites is 1. The van der Waals surface area contributed by atoms with Gasteiger partial charge in [0.1, 0.15) is 17.6 Å². The second-order valence-electron chi connectivity index (χ2n) is 8.03. The van der Waals surface area contributed by atoms with Crippen LogP contribution < -0.4 is 10.1 Å². The summed E-state index contributed by atoms with van der Waals surface area (Å²) in [6.07, 6.45) is 4.83. The summed E-state index contributed by atoms with van der Waals surface area (Å²) >= 11 is 0. The van der Waals surface area contributed by atoms with E-state index in [1.165, 1.54) is 0 Å². The van der Waals surface area contributed by atoms with E-state index in [2.05, 4.69) is 15.1 Å². The molecule has 1 N–H and O–H groups in total. The van der Waals surface area contributed by atoms with Gasteiger partial charge in [0, 0.05) is 58.5 Å². The Morgan fingerprint density at radius 3 is 2.53 bits per heavy atom. The number of morpholine rings is 1. The highest BCUT2D eigenvalue weighted by Gasteiger charge is 2.23. The molecule has 1 aromatic heterocycles. The maximum atomic E-state index is 6.16. The maximum absolute atomic E-state index is 6.16. The molecule has 4 rings (SSSR count). The molecule has 1 aromatic carbocycles. The van der Waals surface area contributed by atoms with Gasteiger partial charge in [0.25, 0.3) is 0 Å². The Morgan fingerprint density at radius 2 is 1.81 bits per heavy atom. The van der Waals surface area contributed by atoms with Crippen molar-refractivity contribution in [2.24, 2.45) is 4.99 Å². The lowest BCUT2D eigenvalue weighted by Gasteiger charge is -2.34. The molecule has 3 heterocycles. The van der Waals surface area contributed by atoms with Crippen molar-refractivity contribution in [1.82, 2.24) is 15.1 Å². The molecule has 176 valence electrons. The first kappa shape index (κ1) is 24.9. The zero-order chi connectivity index (χ0) is 21.1. The van der Waals surface area contributed by atoms with E-state index < -0.39 is 0 Å². The number of aliphatic imine (C=N–C) groups is 1. The number of benzene rings is 1. The number of nitrogens with zero attached hydrogens (tertiary/aromatic N) is 3. The van der Waals surface area contributed by atoms with Crippen LogP contribution in [0.15, 0.2) is 58.1 Å². The van der Waals surface area contributed by atoms with Crippen LogP contribution in [0.1, 0.15) is 18.6 Å². The molecule has 0 spiro atoms. The Hall–Kier alpha value is -1.78. The molecule has 0 saturated carbocycles. The number of guanidine groups is 1. The number of nitrogens with one attached hydrogen (secondary N) is 1. The molecule has 0 unspecified atom stereocenters. The topological polar surface area (TPSA) is 62.5 Å². The van der Waals surface area contributed by atoms with Crippen molar-refractivity contribution in [3.63, 3.8) is 0 Å². The van der Waals surface area contributed by atoms with Crippen molar-refractivity contribution in [2.75, 3.05) is 59.0 Å². The van der Waals surface area contributed by atoms with Gasteiger partial charge < -0.3 is 24.1 Å². The molecule has 2 aromatic rings. The largest absolute Gasteiger partial charge is 0.490 e. The second-order valence-corrected chi connectivity index (χ2v) is 8.03. The van der Waals surface area contributed by atoms with Gasteiger partial charge in [-0.2, -0.15) is 0 Å². The minimum atomic E-state index is 0. The van der Waals surface area contributed by atoms with Crippen LogP contribution in [-0.4, -0.2) is 80.9 Å². The van der Waals surface area contributed by atoms with Crippen LogP contribution in [0.5, 0.6) is 5.75 Å². The van der Waals surface area contributed by atoms with Crippen LogP contribution in [0.3, 0.4) is 0 Å². The Balaban J connectivity index is 0.00000289. The molecule has 0 amide bonds. The minimum Gasteiger partial charge on any atom is -0.490 e. The van der Waals surface area contributed by atoms with Gasteiger partial charge >= 0.3 is 0 Å². The predicted octanol–water partition coefficient (Wildman–Crippen LogP) is 3.26. The van der Waals surface area contributed by atoms with E-state index in [0.717, 1.165) is 95.8 Å². The summed E-state index contributed by atoms with van der Waals surface area (Å²) in [5.41, 5.74) is 0. The normalized spacial score (nSPS) is 18.2. The molecule has 2 aliphatic rings. The van der Waals surface area contributed by atoms with Crippen molar-refractivity contribution in [3.05, 3.63) is 54.5 Å². The van der Waals surface area contributed by atoms with E-state index in [-0.39, 0.29) is 30.1 Å². The number of piperidine rings is 1. The van der Waals surface area contributed by atoms with E-state index in [1.54, 1.807) is 6.26 Å². The summed E-state index contributed by atoms with van der Waals surface area (Å²) < 4.78 is 17.1. The molecule has 0 atom stereocenters. The molecular weight excluding hydrogens is 519 g/mol.